The van der Waals surface area contributed by atoms with Crippen LogP contribution in [-0.2, 0) is 10.0 Å². The van der Waals surface area contributed by atoms with E-state index in [0.29, 0.717) is 5.39 Å². The van der Waals surface area contributed by atoms with Gasteiger partial charge in [0.05, 0.1) is 10.9 Å². The predicted molar refractivity (Wildman–Crippen MR) is 82.6 cm³/mol. The molecule has 1 heterocycles. The highest BCUT2D eigenvalue weighted by Crippen LogP contribution is 2.22. The average molecular weight is 306 g/mol. The summed E-state index contributed by atoms with van der Waals surface area (Å²) >= 11 is 0. The van der Waals surface area contributed by atoms with Crippen molar-refractivity contribution in [2.24, 2.45) is 11.7 Å². The molecule has 0 fully saturated rings. The molecule has 1 aromatic carbocycles. The third kappa shape index (κ3) is 3.20. The maximum Gasteiger partial charge on any atom is 0.241 e. The molecule has 1 unspecified atom stereocenters. The molecule has 2 rings (SSSR count). The lowest BCUT2D eigenvalue weighted by molar-refractivity contribution is 0.522. The number of amidine groups is 1. The Morgan fingerprint density at radius 3 is 2.67 bits per heavy atom. The Kier molecular flexibility index (Phi) is 4.24. The summed E-state index contributed by atoms with van der Waals surface area (Å²) in [6.45, 7) is 3.61. The summed E-state index contributed by atoms with van der Waals surface area (Å²) in [7, 11) is -3.77. The first-order valence-corrected chi connectivity index (χ1v) is 8.00. The van der Waals surface area contributed by atoms with Crippen LogP contribution in [0.25, 0.3) is 10.8 Å². The van der Waals surface area contributed by atoms with E-state index >= 15 is 0 Å². The Balaban J connectivity index is 2.50. The van der Waals surface area contributed by atoms with Gasteiger partial charge in [0.1, 0.15) is 5.84 Å². The second-order valence-electron chi connectivity index (χ2n) is 5.15. The van der Waals surface area contributed by atoms with Gasteiger partial charge in [-0.1, -0.05) is 26.0 Å². The number of hydrogen-bond acceptors (Lipinski definition) is 4. The first-order chi connectivity index (χ1) is 9.83. The van der Waals surface area contributed by atoms with E-state index in [9.17, 15) is 8.42 Å². The molecule has 7 heteroatoms. The summed E-state index contributed by atoms with van der Waals surface area (Å²) in [5, 5.41) is 8.86. The van der Waals surface area contributed by atoms with Crippen molar-refractivity contribution in [1.29, 1.82) is 5.41 Å². The van der Waals surface area contributed by atoms with E-state index in [4.69, 9.17) is 11.1 Å². The van der Waals surface area contributed by atoms with Gasteiger partial charge in [0.2, 0.25) is 10.0 Å². The van der Waals surface area contributed by atoms with Gasteiger partial charge in [-0.3, -0.25) is 10.4 Å². The van der Waals surface area contributed by atoms with E-state index in [-0.39, 0.29) is 16.6 Å². The molecule has 0 aliphatic rings. The van der Waals surface area contributed by atoms with Gasteiger partial charge < -0.3 is 5.73 Å². The monoisotopic (exact) mass is 306 g/mol. The Morgan fingerprint density at radius 1 is 1.33 bits per heavy atom. The van der Waals surface area contributed by atoms with Crippen molar-refractivity contribution >= 4 is 26.6 Å². The van der Waals surface area contributed by atoms with E-state index in [1.54, 1.807) is 30.6 Å². The fourth-order valence-electron chi connectivity index (χ4n) is 2.12. The molecule has 0 bridgehead atoms. The van der Waals surface area contributed by atoms with Gasteiger partial charge in [-0.25, -0.2) is 13.1 Å². The fourth-order valence-corrected chi connectivity index (χ4v) is 3.71. The van der Waals surface area contributed by atoms with Crippen LogP contribution in [0.5, 0.6) is 0 Å². The van der Waals surface area contributed by atoms with E-state index in [0.717, 1.165) is 5.39 Å². The number of aromatic nitrogens is 1. The Hall–Kier alpha value is -1.99. The molecule has 1 aromatic heterocycles. The Bertz CT molecular complexity index is 766. The fraction of sp³-hybridized carbons (Fsp3) is 0.286. The molecule has 0 aliphatic heterocycles. The van der Waals surface area contributed by atoms with Crippen LogP contribution in [0.15, 0.2) is 41.6 Å². The maximum absolute atomic E-state index is 12.6. The number of nitrogens with two attached hydrogens (primary N) is 1. The minimum atomic E-state index is -3.77. The molecule has 6 nitrogen and oxygen atoms in total. The zero-order valence-electron chi connectivity index (χ0n) is 11.9. The normalized spacial score (nSPS) is 13.5. The third-order valence-electron chi connectivity index (χ3n) is 3.21. The highest BCUT2D eigenvalue weighted by Gasteiger charge is 2.25. The van der Waals surface area contributed by atoms with Crippen molar-refractivity contribution in [3.05, 3.63) is 36.7 Å². The molecule has 0 radical (unpaired) electrons. The third-order valence-corrected chi connectivity index (χ3v) is 4.71. The molecule has 4 N–H and O–H groups in total. The van der Waals surface area contributed by atoms with Gasteiger partial charge in [0.25, 0.3) is 0 Å². The van der Waals surface area contributed by atoms with Gasteiger partial charge >= 0.3 is 0 Å². The van der Waals surface area contributed by atoms with Crippen LogP contribution in [0.1, 0.15) is 13.8 Å². The molecule has 112 valence electrons. The molecular formula is C14H18N4O2S. The van der Waals surface area contributed by atoms with Gasteiger partial charge in [-0.2, -0.15) is 0 Å². The van der Waals surface area contributed by atoms with Crippen LogP contribution < -0.4 is 10.5 Å². The minimum Gasteiger partial charge on any atom is -0.386 e. The van der Waals surface area contributed by atoms with Crippen molar-refractivity contribution in [3.63, 3.8) is 0 Å². The molecule has 0 aliphatic carbocycles. The van der Waals surface area contributed by atoms with Gasteiger partial charge in [-0.05, 0) is 18.1 Å². The summed E-state index contributed by atoms with van der Waals surface area (Å²) in [5.74, 6) is -0.315. The smallest absolute Gasteiger partial charge is 0.241 e. The van der Waals surface area contributed by atoms with E-state index < -0.39 is 16.1 Å². The lowest BCUT2D eigenvalue weighted by Crippen LogP contribution is -2.47. The Labute approximate surface area is 123 Å². The number of nitrogens with one attached hydrogen (secondary N) is 2. The standard InChI is InChI=1S/C14H18N4O2S/c1-9(2)13(14(15)16)18-21(19,20)12-5-3-4-10-8-17-7-6-11(10)12/h3-9,13,18H,1-2H3,(H3,15,16). The SMILES string of the molecule is CC(C)C(NS(=O)(=O)c1cccc2cnccc12)C(=N)N. The molecular weight excluding hydrogens is 288 g/mol. The molecule has 0 spiro atoms. The molecule has 0 saturated heterocycles. The van der Waals surface area contributed by atoms with Gasteiger partial charge in [0, 0.05) is 23.2 Å². The molecule has 0 amide bonds. The van der Waals surface area contributed by atoms with Crippen molar-refractivity contribution in [1.82, 2.24) is 9.71 Å². The van der Waals surface area contributed by atoms with Crippen LogP contribution in [0.3, 0.4) is 0 Å². The zero-order valence-corrected chi connectivity index (χ0v) is 12.7. The lowest BCUT2D eigenvalue weighted by atomic mass is 10.1. The number of nitrogens with zero attached hydrogens (tertiary/aromatic N) is 1. The summed E-state index contributed by atoms with van der Waals surface area (Å²) in [5.41, 5.74) is 5.48. The molecule has 1 atom stereocenters. The number of sulfonamides is 1. The number of benzene rings is 1. The maximum atomic E-state index is 12.6. The van der Waals surface area contributed by atoms with Crippen LogP contribution in [0, 0.1) is 11.3 Å². The van der Waals surface area contributed by atoms with E-state index in [1.807, 2.05) is 13.8 Å². The highest BCUT2D eigenvalue weighted by atomic mass is 32.2. The Morgan fingerprint density at radius 2 is 2.05 bits per heavy atom. The van der Waals surface area contributed by atoms with Crippen LogP contribution in [0.4, 0.5) is 0 Å². The van der Waals surface area contributed by atoms with E-state index in [2.05, 4.69) is 9.71 Å². The number of hydrogen-bond donors (Lipinski definition) is 3. The number of fused-ring (bicyclic) bond motifs is 1. The number of rotatable bonds is 5. The average Bonchev–Trinajstić information content (AvgIpc) is 2.43. The molecule has 21 heavy (non-hydrogen) atoms. The summed E-state index contributed by atoms with van der Waals surface area (Å²) in [6, 6.07) is 5.92. The second kappa shape index (κ2) is 5.79. The summed E-state index contributed by atoms with van der Waals surface area (Å²) < 4.78 is 27.7. The van der Waals surface area contributed by atoms with Crippen molar-refractivity contribution in [2.45, 2.75) is 24.8 Å². The summed E-state index contributed by atoms with van der Waals surface area (Å²) in [6.07, 6.45) is 3.16. The second-order valence-corrected chi connectivity index (χ2v) is 6.83. The first kappa shape index (κ1) is 15.4. The van der Waals surface area contributed by atoms with Crippen molar-refractivity contribution in [2.75, 3.05) is 0 Å². The first-order valence-electron chi connectivity index (χ1n) is 6.52. The van der Waals surface area contributed by atoms with Crippen LogP contribution in [0.2, 0.25) is 0 Å². The zero-order chi connectivity index (χ0) is 15.6. The molecule has 0 saturated carbocycles. The predicted octanol–water partition coefficient (Wildman–Crippen LogP) is 1.47. The quantitative estimate of drug-likeness (QED) is 0.574. The van der Waals surface area contributed by atoms with Crippen LogP contribution >= 0.6 is 0 Å². The minimum absolute atomic E-state index is 0.117. The highest BCUT2D eigenvalue weighted by molar-refractivity contribution is 7.89. The topological polar surface area (TPSA) is 109 Å². The number of pyridine rings is 1. The van der Waals surface area contributed by atoms with Crippen molar-refractivity contribution in [3.8, 4) is 0 Å². The van der Waals surface area contributed by atoms with Crippen molar-refractivity contribution < 1.29 is 8.42 Å². The summed E-state index contributed by atoms with van der Waals surface area (Å²) in [4.78, 5) is 4.15. The van der Waals surface area contributed by atoms with E-state index in [1.165, 1.54) is 6.07 Å². The molecule has 2 aromatic rings. The lowest BCUT2D eigenvalue weighted by Gasteiger charge is -2.21. The van der Waals surface area contributed by atoms with Gasteiger partial charge in [0.15, 0.2) is 0 Å². The largest absolute Gasteiger partial charge is 0.386 e. The van der Waals surface area contributed by atoms with Crippen LogP contribution in [-0.4, -0.2) is 25.3 Å². The van der Waals surface area contributed by atoms with Gasteiger partial charge in [-0.15, -0.1) is 0 Å².